The van der Waals surface area contributed by atoms with Crippen LogP contribution in [0.15, 0.2) is 93.2 Å². The fourth-order valence-corrected chi connectivity index (χ4v) is 5.53. The maximum Gasteiger partial charge on any atom is 0.235 e. The van der Waals surface area contributed by atoms with E-state index >= 15 is 0 Å². The minimum Gasteiger partial charge on any atom is -0.313 e. The third-order valence-electron chi connectivity index (χ3n) is 5.11. The summed E-state index contributed by atoms with van der Waals surface area (Å²) in [6, 6.07) is 25.8. The first-order chi connectivity index (χ1) is 15.7. The van der Waals surface area contributed by atoms with Gasteiger partial charge in [-0.05, 0) is 36.8 Å². The average Bonchev–Trinajstić information content (AvgIpc) is 3.17. The van der Waals surface area contributed by atoms with Gasteiger partial charge in [0.2, 0.25) is 5.91 Å². The highest BCUT2D eigenvalue weighted by atomic mass is 32.2. The van der Waals surface area contributed by atoms with E-state index in [2.05, 4.69) is 10.3 Å². The van der Waals surface area contributed by atoms with Crippen molar-refractivity contribution in [1.29, 1.82) is 0 Å². The van der Waals surface area contributed by atoms with Gasteiger partial charge in [0.25, 0.3) is 0 Å². The largest absolute Gasteiger partial charge is 0.313 e. The second kappa shape index (κ2) is 9.06. The topological polar surface area (TPSA) is 66.7 Å². The molecule has 1 atom stereocenters. The molecule has 5 nitrogen and oxygen atoms in total. The average molecular weight is 457 g/mol. The van der Waals surface area contributed by atoms with Gasteiger partial charge in [0.15, 0.2) is 4.34 Å². The molecule has 1 amide bonds. The number of nitrogens with one attached hydrogen (secondary N) is 1. The molecule has 7 heteroatoms. The van der Waals surface area contributed by atoms with E-state index in [0.29, 0.717) is 5.84 Å². The van der Waals surface area contributed by atoms with Gasteiger partial charge in [0.1, 0.15) is 5.84 Å². The molecule has 0 saturated heterocycles. The number of aliphatic imine (C=N–C) groups is 2. The molecular weight excluding hydrogens is 436 g/mol. The number of fused-ring (bicyclic) bond motifs is 2. The molecule has 5 rings (SSSR count). The van der Waals surface area contributed by atoms with E-state index < -0.39 is 0 Å². The lowest BCUT2D eigenvalue weighted by Gasteiger charge is -2.19. The molecule has 0 aliphatic carbocycles. The van der Waals surface area contributed by atoms with E-state index in [-0.39, 0.29) is 17.6 Å². The van der Waals surface area contributed by atoms with Crippen molar-refractivity contribution in [2.45, 2.75) is 17.2 Å². The van der Waals surface area contributed by atoms with Crippen LogP contribution in [0.2, 0.25) is 0 Å². The Morgan fingerprint density at radius 2 is 1.62 bits per heavy atom. The molecule has 0 radical (unpaired) electrons. The fourth-order valence-electron chi connectivity index (χ4n) is 3.66. The van der Waals surface area contributed by atoms with Crippen LogP contribution < -0.4 is 5.32 Å². The number of nitrogens with zero attached hydrogens (tertiary/aromatic N) is 3. The second-order valence-corrected chi connectivity index (χ2v) is 9.62. The molecule has 158 valence electrons. The molecular formula is C25H20N4OS2. The molecule has 0 bridgehead atoms. The van der Waals surface area contributed by atoms with Crippen molar-refractivity contribution in [3.63, 3.8) is 0 Å². The fraction of sp³-hybridized carbons (Fsp3) is 0.120. The molecule has 0 spiro atoms. The van der Waals surface area contributed by atoms with Crippen molar-refractivity contribution < 1.29 is 4.79 Å². The van der Waals surface area contributed by atoms with E-state index in [0.717, 1.165) is 37.2 Å². The number of carbonyl (C=O) groups is 1. The minimum atomic E-state index is -0.222. The van der Waals surface area contributed by atoms with Gasteiger partial charge in [-0.3, -0.25) is 9.79 Å². The number of amidine groups is 1. The van der Waals surface area contributed by atoms with Crippen molar-refractivity contribution in [3.8, 4) is 0 Å². The number of para-hydroxylation sites is 3. The SMILES string of the molecule is CC1=Nc2ccccc2N=C(NC(=O)CSc2nc3ccccc3s2)C1c1ccccc1. The van der Waals surface area contributed by atoms with Gasteiger partial charge >= 0.3 is 0 Å². The van der Waals surface area contributed by atoms with Gasteiger partial charge in [0, 0.05) is 5.71 Å². The Kier molecular flexibility index (Phi) is 5.83. The summed E-state index contributed by atoms with van der Waals surface area (Å²) in [5, 5.41) is 3.07. The van der Waals surface area contributed by atoms with Gasteiger partial charge in [-0.25, -0.2) is 9.98 Å². The van der Waals surface area contributed by atoms with Crippen LogP contribution in [0.5, 0.6) is 0 Å². The molecule has 0 fully saturated rings. The summed E-state index contributed by atoms with van der Waals surface area (Å²) < 4.78 is 2.00. The molecule has 1 aliphatic rings. The van der Waals surface area contributed by atoms with Gasteiger partial charge in [-0.1, -0.05) is 66.4 Å². The summed E-state index contributed by atoms with van der Waals surface area (Å²) in [5.41, 5.74) is 4.44. The van der Waals surface area contributed by atoms with Crippen molar-refractivity contribution in [2.75, 3.05) is 5.75 Å². The van der Waals surface area contributed by atoms with Crippen LogP contribution in [-0.2, 0) is 4.79 Å². The third-order valence-corrected chi connectivity index (χ3v) is 7.29. The number of carbonyl (C=O) groups excluding carboxylic acids is 1. The summed E-state index contributed by atoms with van der Waals surface area (Å²) in [7, 11) is 0. The first kappa shape index (κ1) is 20.6. The van der Waals surface area contributed by atoms with Crippen LogP contribution in [0, 0.1) is 0 Å². The normalized spacial score (nSPS) is 15.5. The lowest BCUT2D eigenvalue weighted by molar-refractivity contribution is -0.117. The van der Waals surface area contributed by atoms with Gasteiger partial charge in [0.05, 0.1) is 33.3 Å². The van der Waals surface area contributed by atoms with Crippen LogP contribution in [0.4, 0.5) is 11.4 Å². The third kappa shape index (κ3) is 4.35. The van der Waals surface area contributed by atoms with Crippen molar-refractivity contribution in [2.24, 2.45) is 9.98 Å². The van der Waals surface area contributed by atoms with Crippen LogP contribution in [-0.4, -0.2) is 28.2 Å². The molecule has 32 heavy (non-hydrogen) atoms. The minimum absolute atomic E-state index is 0.110. The van der Waals surface area contributed by atoms with Gasteiger partial charge in [-0.2, -0.15) is 0 Å². The van der Waals surface area contributed by atoms with Crippen LogP contribution >= 0.6 is 23.1 Å². The van der Waals surface area contributed by atoms with Crippen LogP contribution in [0.1, 0.15) is 18.4 Å². The summed E-state index contributed by atoms with van der Waals surface area (Å²) in [6.07, 6.45) is 0. The van der Waals surface area contributed by atoms with E-state index in [4.69, 9.17) is 9.98 Å². The lowest BCUT2D eigenvalue weighted by Crippen LogP contribution is -2.38. The van der Waals surface area contributed by atoms with Crippen LogP contribution in [0.25, 0.3) is 10.2 Å². The number of amides is 1. The summed E-state index contributed by atoms with van der Waals surface area (Å²) in [4.78, 5) is 27.2. The first-order valence-electron chi connectivity index (χ1n) is 10.2. The predicted molar refractivity (Wildman–Crippen MR) is 134 cm³/mol. The zero-order valence-electron chi connectivity index (χ0n) is 17.4. The van der Waals surface area contributed by atoms with Gasteiger partial charge in [-0.15, -0.1) is 11.3 Å². The standard InChI is InChI=1S/C25H20N4OS2/c1-16-23(17-9-3-2-4-10-17)24(27-19-12-6-5-11-18(19)26-16)29-22(30)15-31-25-28-20-13-7-8-14-21(20)32-25/h2-14,23H,15H2,1H3,(H,27,29,30). The second-order valence-electron chi connectivity index (χ2n) is 7.37. The molecule has 4 aromatic rings. The Hall–Kier alpha value is -3.29. The predicted octanol–water partition coefficient (Wildman–Crippen LogP) is 6.12. The maximum absolute atomic E-state index is 12.9. The van der Waals surface area contributed by atoms with E-state index in [1.54, 1.807) is 11.3 Å². The number of aromatic nitrogens is 1. The number of hydrogen-bond donors (Lipinski definition) is 1. The molecule has 1 unspecified atom stereocenters. The van der Waals surface area contributed by atoms with Crippen molar-refractivity contribution >= 4 is 62.1 Å². The monoisotopic (exact) mass is 456 g/mol. The molecule has 0 saturated carbocycles. The highest BCUT2D eigenvalue weighted by Crippen LogP contribution is 2.34. The van der Waals surface area contributed by atoms with Crippen LogP contribution in [0.3, 0.4) is 0 Å². The Morgan fingerprint density at radius 3 is 2.41 bits per heavy atom. The number of rotatable bonds is 4. The summed E-state index contributed by atoms with van der Waals surface area (Å²) in [5.74, 6) is 0.525. The van der Waals surface area contributed by atoms with Gasteiger partial charge < -0.3 is 5.32 Å². The Balaban J connectivity index is 1.40. The molecule has 1 aliphatic heterocycles. The number of thioether (sulfide) groups is 1. The molecule has 2 heterocycles. The Morgan fingerprint density at radius 1 is 0.938 bits per heavy atom. The van der Waals surface area contributed by atoms with Crippen molar-refractivity contribution in [3.05, 3.63) is 84.4 Å². The van der Waals surface area contributed by atoms with Crippen molar-refractivity contribution in [1.82, 2.24) is 10.3 Å². The Labute approximate surface area is 194 Å². The van der Waals surface area contributed by atoms with E-state index in [1.807, 2.05) is 85.8 Å². The molecule has 1 N–H and O–H groups in total. The first-order valence-corrected chi connectivity index (χ1v) is 12.0. The highest BCUT2D eigenvalue weighted by Gasteiger charge is 2.26. The number of thiazole rings is 1. The summed E-state index contributed by atoms with van der Waals surface area (Å²) in [6.45, 7) is 1.98. The summed E-state index contributed by atoms with van der Waals surface area (Å²) >= 11 is 3.04. The van der Waals surface area contributed by atoms with E-state index in [1.165, 1.54) is 11.8 Å². The maximum atomic E-state index is 12.9. The molecule has 1 aromatic heterocycles. The van der Waals surface area contributed by atoms with E-state index in [9.17, 15) is 4.79 Å². The zero-order valence-corrected chi connectivity index (χ0v) is 19.0. The smallest absolute Gasteiger partial charge is 0.235 e. The zero-order chi connectivity index (χ0) is 21.9. The molecule has 3 aromatic carbocycles. The Bertz CT molecular complexity index is 1310. The number of benzene rings is 3. The number of hydrogen-bond acceptors (Lipinski definition) is 6. The lowest BCUT2D eigenvalue weighted by atomic mass is 9.93. The highest BCUT2D eigenvalue weighted by molar-refractivity contribution is 8.01. The quantitative estimate of drug-likeness (QED) is 0.376.